The van der Waals surface area contributed by atoms with Gasteiger partial charge in [0, 0.05) is 13.1 Å². The van der Waals surface area contributed by atoms with E-state index in [0.717, 1.165) is 35.6 Å². The van der Waals surface area contributed by atoms with Gasteiger partial charge in [-0.25, -0.2) is 0 Å². The molecule has 1 atom stereocenters. The Labute approximate surface area is 142 Å². The van der Waals surface area contributed by atoms with Gasteiger partial charge in [-0.15, -0.1) is 5.10 Å². The number of aromatic nitrogens is 2. The summed E-state index contributed by atoms with van der Waals surface area (Å²) < 4.78 is 0. The maximum atomic E-state index is 12.2. The van der Waals surface area contributed by atoms with Crippen LogP contribution in [0.25, 0.3) is 0 Å². The van der Waals surface area contributed by atoms with E-state index < -0.39 is 11.4 Å². The number of carbonyl (C=O) groups is 1. The molecule has 0 amide bonds. The van der Waals surface area contributed by atoms with Crippen LogP contribution in [-0.4, -0.2) is 34.4 Å². The van der Waals surface area contributed by atoms with Crippen molar-refractivity contribution in [1.82, 2.24) is 10.2 Å². The number of carboxylic acid groups (broad SMARTS) is 1. The van der Waals surface area contributed by atoms with Crippen molar-refractivity contribution in [2.75, 3.05) is 18.0 Å². The molecule has 1 aliphatic heterocycles. The van der Waals surface area contributed by atoms with E-state index in [1.54, 1.807) is 0 Å². The van der Waals surface area contributed by atoms with Crippen molar-refractivity contribution in [3.8, 4) is 0 Å². The van der Waals surface area contributed by atoms with Gasteiger partial charge in [-0.3, -0.25) is 4.79 Å². The number of benzene rings is 1. The fraction of sp³-hybridized carbons (Fsp3) is 0.421. The highest BCUT2D eigenvalue weighted by molar-refractivity contribution is 5.76. The zero-order chi connectivity index (χ0) is 17.2. The molecule has 0 aliphatic carbocycles. The van der Waals surface area contributed by atoms with Gasteiger partial charge in [0.25, 0.3) is 0 Å². The molecule has 0 spiro atoms. The lowest BCUT2D eigenvalue weighted by Gasteiger charge is -2.40. The predicted molar refractivity (Wildman–Crippen MR) is 93.2 cm³/mol. The maximum absolute atomic E-state index is 12.2. The Kier molecular flexibility index (Phi) is 4.51. The van der Waals surface area contributed by atoms with E-state index in [2.05, 4.69) is 15.1 Å². The molecule has 0 saturated carbocycles. The Morgan fingerprint density at radius 2 is 2.00 bits per heavy atom. The van der Waals surface area contributed by atoms with Gasteiger partial charge in [0.1, 0.15) is 0 Å². The maximum Gasteiger partial charge on any atom is 0.311 e. The van der Waals surface area contributed by atoms with Crippen LogP contribution in [0.2, 0.25) is 0 Å². The van der Waals surface area contributed by atoms with Crippen LogP contribution in [0.4, 0.5) is 5.82 Å². The lowest BCUT2D eigenvalue weighted by molar-refractivity contribution is -0.149. The summed E-state index contributed by atoms with van der Waals surface area (Å²) in [5.74, 6) is 0.0335. The van der Waals surface area contributed by atoms with Crippen LogP contribution in [0.1, 0.15) is 29.7 Å². The van der Waals surface area contributed by atoms with E-state index in [4.69, 9.17) is 0 Å². The molecule has 24 heavy (non-hydrogen) atoms. The second kappa shape index (κ2) is 6.59. The summed E-state index contributed by atoms with van der Waals surface area (Å²) >= 11 is 0. The smallest absolute Gasteiger partial charge is 0.311 e. The van der Waals surface area contributed by atoms with Crippen LogP contribution in [0.5, 0.6) is 0 Å². The molecule has 1 aromatic heterocycles. The van der Waals surface area contributed by atoms with E-state index in [9.17, 15) is 9.90 Å². The van der Waals surface area contributed by atoms with Gasteiger partial charge >= 0.3 is 5.97 Å². The van der Waals surface area contributed by atoms with Crippen LogP contribution < -0.4 is 4.90 Å². The molecule has 5 heteroatoms. The molecule has 126 valence electrons. The number of piperidine rings is 1. The third-order valence-electron chi connectivity index (χ3n) is 4.93. The first-order valence-electron chi connectivity index (χ1n) is 8.33. The number of nitrogens with zero attached hydrogens (tertiary/aromatic N) is 3. The van der Waals surface area contributed by atoms with Crippen LogP contribution in [0.3, 0.4) is 0 Å². The van der Waals surface area contributed by atoms with Gasteiger partial charge in [-0.05, 0) is 56.4 Å². The summed E-state index contributed by atoms with van der Waals surface area (Å²) in [7, 11) is 0. The summed E-state index contributed by atoms with van der Waals surface area (Å²) in [6.07, 6.45) is 2.07. The Morgan fingerprint density at radius 3 is 2.67 bits per heavy atom. The largest absolute Gasteiger partial charge is 0.481 e. The molecule has 2 aromatic rings. The van der Waals surface area contributed by atoms with E-state index in [1.165, 1.54) is 0 Å². The number of anilines is 1. The summed E-state index contributed by atoms with van der Waals surface area (Å²) in [4.78, 5) is 14.2. The summed E-state index contributed by atoms with van der Waals surface area (Å²) in [6.45, 7) is 5.22. The molecule has 1 aromatic carbocycles. The number of rotatable bonds is 4. The Bertz CT molecular complexity index is 730. The van der Waals surface area contributed by atoms with Crippen molar-refractivity contribution in [2.45, 2.75) is 33.1 Å². The molecule has 3 rings (SSSR count). The van der Waals surface area contributed by atoms with E-state index in [1.807, 2.05) is 50.2 Å². The van der Waals surface area contributed by atoms with Gasteiger partial charge in [0.15, 0.2) is 5.82 Å². The Morgan fingerprint density at radius 1 is 1.21 bits per heavy atom. The molecular formula is C19H23N3O2. The average Bonchev–Trinajstić information content (AvgIpc) is 2.58. The first kappa shape index (κ1) is 16.4. The van der Waals surface area contributed by atoms with Crippen molar-refractivity contribution in [3.05, 3.63) is 53.2 Å². The third-order valence-corrected chi connectivity index (χ3v) is 4.93. The fourth-order valence-corrected chi connectivity index (χ4v) is 3.46. The second-order valence-corrected chi connectivity index (χ2v) is 6.75. The summed E-state index contributed by atoms with van der Waals surface area (Å²) in [5.41, 5.74) is 2.33. The quantitative estimate of drug-likeness (QED) is 0.936. The number of carboxylic acids is 1. The molecule has 0 radical (unpaired) electrons. The number of aliphatic carboxylic acids is 1. The topological polar surface area (TPSA) is 66.3 Å². The van der Waals surface area contributed by atoms with Crippen molar-refractivity contribution < 1.29 is 9.90 Å². The van der Waals surface area contributed by atoms with Gasteiger partial charge in [-0.2, -0.15) is 5.10 Å². The highest BCUT2D eigenvalue weighted by atomic mass is 16.4. The lowest BCUT2D eigenvalue weighted by Crippen LogP contribution is -2.49. The van der Waals surface area contributed by atoms with Crippen LogP contribution in [-0.2, 0) is 11.2 Å². The normalized spacial score (nSPS) is 20.8. The second-order valence-electron chi connectivity index (χ2n) is 6.75. The monoisotopic (exact) mass is 325 g/mol. The molecule has 1 N–H and O–H groups in total. The average molecular weight is 325 g/mol. The minimum atomic E-state index is -0.781. The van der Waals surface area contributed by atoms with Crippen molar-refractivity contribution >= 4 is 11.8 Å². The van der Waals surface area contributed by atoms with Gasteiger partial charge in [0.05, 0.1) is 11.1 Å². The molecule has 5 nitrogen and oxygen atoms in total. The molecule has 1 aliphatic rings. The standard InChI is InChI=1S/C19H23N3O2/c1-14-6-3-4-7-16(14)12-19(18(23)24)10-5-11-22(13-19)17-9-8-15(2)20-21-17/h3-4,6-9H,5,10-13H2,1-2H3,(H,23,24)/t19-/m0/s1. The van der Waals surface area contributed by atoms with Crippen molar-refractivity contribution in [1.29, 1.82) is 0 Å². The molecule has 1 saturated heterocycles. The molecule has 0 bridgehead atoms. The SMILES string of the molecule is Cc1ccc(N2CCC[C@@](Cc3ccccc3C)(C(=O)O)C2)nn1. The first-order valence-corrected chi connectivity index (χ1v) is 8.33. The van der Waals surface area contributed by atoms with Crippen LogP contribution >= 0.6 is 0 Å². The third kappa shape index (κ3) is 3.25. The minimum absolute atomic E-state index is 0.467. The summed E-state index contributed by atoms with van der Waals surface area (Å²) in [5, 5.41) is 18.3. The lowest BCUT2D eigenvalue weighted by atomic mass is 9.74. The highest BCUT2D eigenvalue weighted by Crippen LogP contribution is 2.36. The van der Waals surface area contributed by atoms with Gasteiger partial charge in [-0.1, -0.05) is 24.3 Å². The van der Waals surface area contributed by atoms with E-state index in [-0.39, 0.29) is 0 Å². The van der Waals surface area contributed by atoms with Crippen LogP contribution in [0.15, 0.2) is 36.4 Å². The minimum Gasteiger partial charge on any atom is -0.481 e. The number of hydrogen-bond acceptors (Lipinski definition) is 4. The molecule has 1 fully saturated rings. The zero-order valence-electron chi connectivity index (χ0n) is 14.2. The van der Waals surface area contributed by atoms with Crippen LogP contribution in [0, 0.1) is 19.3 Å². The van der Waals surface area contributed by atoms with E-state index in [0.29, 0.717) is 19.4 Å². The predicted octanol–water partition coefficient (Wildman–Crippen LogP) is 3.01. The summed E-state index contributed by atoms with van der Waals surface area (Å²) in [6, 6.07) is 11.9. The fourth-order valence-electron chi connectivity index (χ4n) is 3.46. The first-order chi connectivity index (χ1) is 11.5. The zero-order valence-corrected chi connectivity index (χ0v) is 14.2. The molecule has 0 unspecified atom stereocenters. The van der Waals surface area contributed by atoms with E-state index >= 15 is 0 Å². The van der Waals surface area contributed by atoms with Gasteiger partial charge < -0.3 is 10.0 Å². The van der Waals surface area contributed by atoms with Crippen molar-refractivity contribution in [3.63, 3.8) is 0 Å². The Balaban J connectivity index is 1.88. The van der Waals surface area contributed by atoms with Gasteiger partial charge in [0.2, 0.25) is 0 Å². The highest BCUT2D eigenvalue weighted by Gasteiger charge is 2.43. The molecular weight excluding hydrogens is 302 g/mol. The van der Waals surface area contributed by atoms with Crippen molar-refractivity contribution in [2.24, 2.45) is 5.41 Å². The molecule has 2 heterocycles. The number of aryl methyl sites for hydroxylation is 2. The number of hydrogen-bond donors (Lipinski definition) is 1. The Hall–Kier alpha value is -2.43.